The normalized spacial score (nSPS) is 16.9. The van der Waals surface area contributed by atoms with Gasteiger partial charge in [-0.3, -0.25) is 14.5 Å². The van der Waals surface area contributed by atoms with Crippen LogP contribution in [0.25, 0.3) is 0 Å². The quantitative estimate of drug-likeness (QED) is 0.739. The second kappa shape index (κ2) is 8.01. The van der Waals surface area contributed by atoms with Crippen molar-refractivity contribution in [2.75, 3.05) is 14.2 Å². The van der Waals surface area contributed by atoms with Crippen molar-refractivity contribution in [3.8, 4) is 11.5 Å². The Hall–Kier alpha value is -2.18. The first kappa shape index (κ1) is 18.6. The van der Waals surface area contributed by atoms with Gasteiger partial charge in [0, 0.05) is 5.02 Å². The first-order valence-electron chi connectivity index (χ1n) is 7.99. The molecule has 1 aliphatic heterocycles. The topological polar surface area (TPSA) is 55.8 Å². The van der Waals surface area contributed by atoms with Crippen molar-refractivity contribution in [1.82, 2.24) is 4.90 Å². The largest absolute Gasteiger partial charge is 0.493 e. The molecule has 0 unspecified atom stereocenters. The van der Waals surface area contributed by atoms with E-state index in [0.717, 1.165) is 22.9 Å². The van der Waals surface area contributed by atoms with E-state index in [-0.39, 0.29) is 17.7 Å². The van der Waals surface area contributed by atoms with E-state index in [1.807, 2.05) is 24.3 Å². The SMILES string of the molecule is COc1ccc(C[C@@H]2SC(=O)N(Cc3ccc(Cl)cc3)C2=O)cc1OC. The number of imide groups is 1. The van der Waals surface area contributed by atoms with Crippen LogP contribution in [0.15, 0.2) is 42.5 Å². The second-order valence-corrected chi connectivity index (χ2v) is 7.41. The van der Waals surface area contributed by atoms with Gasteiger partial charge in [-0.15, -0.1) is 0 Å². The van der Waals surface area contributed by atoms with Crippen LogP contribution in [0.3, 0.4) is 0 Å². The van der Waals surface area contributed by atoms with Gasteiger partial charge in [0.05, 0.1) is 26.0 Å². The minimum atomic E-state index is -0.437. The smallest absolute Gasteiger partial charge is 0.289 e. The number of carbonyl (C=O) groups is 2. The molecule has 1 aliphatic rings. The summed E-state index contributed by atoms with van der Waals surface area (Å²) in [5.74, 6) is 1.05. The van der Waals surface area contributed by atoms with Gasteiger partial charge in [0.1, 0.15) is 0 Å². The zero-order valence-corrected chi connectivity index (χ0v) is 16.0. The highest BCUT2D eigenvalue weighted by Crippen LogP contribution is 2.33. The molecule has 136 valence electrons. The zero-order valence-electron chi connectivity index (χ0n) is 14.4. The lowest BCUT2D eigenvalue weighted by Gasteiger charge is -2.14. The summed E-state index contributed by atoms with van der Waals surface area (Å²) in [5, 5.41) is -0.0446. The summed E-state index contributed by atoms with van der Waals surface area (Å²) < 4.78 is 10.5. The van der Waals surface area contributed by atoms with Gasteiger partial charge in [0.25, 0.3) is 5.24 Å². The molecule has 5 nitrogen and oxygen atoms in total. The predicted octanol–water partition coefficient (Wildman–Crippen LogP) is 4.16. The third kappa shape index (κ3) is 3.97. The maximum atomic E-state index is 12.7. The molecule has 7 heteroatoms. The molecule has 26 heavy (non-hydrogen) atoms. The summed E-state index contributed by atoms with van der Waals surface area (Å²) in [6.45, 7) is 0.254. The lowest BCUT2D eigenvalue weighted by molar-refractivity contribution is -0.127. The van der Waals surface area contributed by atoms with Crippen molar-refractivity contribution in [3.63, 3.8) is 0 Å². The fourth-order valence-corrected chi connectivity index (χ4v) is 3.92. The standard InChI is InChI=1S/C19H18ClNO4S/c1-24-15-8-5-13(9-16(15)25-2)10-17-18(22)21(19(23)26-17)11-12-3-6-14(20)7-4-12/h3-9,17H,10-11H2,1-2H3/t17-/m0/s1. The summed E-state index contributed by atoms with van der Waals surface area (Å²) in [5.41, 5.74) is 1.78. The maximum absolute atomic E-state index is 12.7. The van der Waals surface area contributed by atoms with Crippen LogP contribution < -0.4 is 9.47 Å². The third-order valence-electron chi connectivity index (χ3n) is 4.13. The highest BCUT2D eigenvalue weighted by atomic mass is 35.5. The summed E-state index contributed by atoms with van der Waals surface area (Å²) in [6, 6.07) is 12.6. The van der Waals surface area contributed by atoms with Crippen molar-refractivity contribution in [1.29, 1.82) is 0 Å². The number of thioether (sulfide) groups is 1. The predicted molar refractivity (Wildman–Crippen MR) is 102 cm³/mol. The summed E-state index contributed by atoms with van der Waals surface area (Å²) in [4.78, 5) is 26.2. The van der Waals surface area contributed by atoms with Gasteiger partial charge in [0.2, 0.25) is 5.91 Å². The minimum absolute atomic E-state index is 0.176. The summed E-state index contributed by atoms with van der Waals surface area (Å²) in [6.07, 6.45) is 0.451. The number of carbonyl (C=O) groups excluding carboxylic acids is 2. The van der Waals surface area contributed by atoms with Crippen LogP contribution in [0.5, 0.6) is 11.5 Å². The molecule has 0 aromatic heterocycles. The Balaban J connectivity index is 1.71. The van der Waals surface area contributed by atoms with Gasteiger partial charge in [-0.2, -0.15) is 0 Å². The Morgan fingerprint density at radius 3 is 2.31 bits per heavy atom. The monoisotopic (exact) mass is 391 g/mol. The number of nitrogens with zero attached hydrogens (tertiary/aromatic N) is 1. The van der Waals surface area contributed by atoms with Crippen molar-refractivity contribution in [2.24, 2.45) is 0 Å². The third-order valence-corrected chi connectivity index (χ3v) is 5.45. The molecule has 2 amide bonds. The van der Waals surface area contributed by atoms with E-state index in [4.69, 9.17) is 21.1 Å². The van der Waals surface area contributed by atoms with E-state index in [2.05, 4.69) is 0 Å². The van der Waals surface area contributed by atoms with Gasteiger partial charge in [-0.1, -0.05) is 41.6 Å². The van der Waals surface area contributed by atoms with Gasteiger partial charge < -0.3 is 9.47 Å². The van der Waals surface area contributed by atoms with E-state index < -0.39 is 5.25 Å². The van der Waals surface area contributed by atoms with Gasteiger partial charge in [-0.25, -0.2) is 0 Å². The maximum Gasteiger partial charge on any atom is 0.289 e. The Morgan fingerprint density at radius 2 is 1.65 bits per heavy atom. The fraction of sp³-hybridized carbons (Fsp3) is 0.263. The molecule has 0 bridgehead atoms. The molecule has 3 rings (SSSR count). The first-order chi connectivity index (χ1) is 12.5. The van der Waals surface area contributed by atoms with Gasteiger partial charge >= 0.3 is 0 Å². The summed E-state index contributed by atoms with van der Waals surface area (Å²) >= 11 is 6.94. The van der Waals surface area contributed by atoms with Crippen molar-refractivity contribution in [3.05, 3.63) is 58.6 Å². The molecule has 0 spiro atoms. The molecule has 1 fully saturated rings. The Kier molecular flexibility index (Phi) is 5.74. The molecule has 2 aromatic rings. The molecule has 0 radical (unpaired) electrons. The Bertz CT molecular complexity index is 825. The number of amides is 2. The van der Waals surface area contributed by atoms with Gasteiger partial charge in [0.15, 0.2) is 11.5 Å². The molecule has 1 heterocycles. The number of rotatable bonds is 6. The lowest BCUT2D eigenvalue weighted by Crippen LogP contribution is -2.31. The number of hydrogen-bond donors (Lipinski definition) is 0. The number of benzene rings is 2. The molecular formula is C19H18ClNO4S. The number of methoxy groups -OCH3 is 2. The molecule has 0 saturated carbocycles. The van der Waals surface area contributed by atoms with Crippen LogP contribution in [-0.4, -0.2) is 35.5 Å². The van der Waals surface area contributed by atoms with Crippen LogP contribution in [-0.2, 0) is 17.8 Å². The van der Waals surface area contributed by atoms with Crippen LogP contribution in [0.1, 0.15) is 11.1 Å². The van der Waals surface area contributed by atoms with E-state index in [0.29, 0.717) is 22.9 Å². The molecule has 1 saturated heterocycles. The van der Waals surface area contributed by atoms with Crippen molar-refractivity contribution in [2.45, 2.75) is 18.2 Å². The van der Waals surface area contributed by atoms with Crippen LogP contribution in [0.4, 0.5) is 4.79 Å². The van der Waals surface area contributed by atoms with E-state index >= 15 is 0 Å². The molecule has 0 aliphatic carbocycles. The summed E-state index contributed by atoms with van der Waals surface area (Å²) in [7, 11) is 3.13. The van der Waals surface area contributed by atoms with Crippen LogP contribution in [0, 0.1) is 0 Å². The van der Waals surface area contributed by atoms with Crippen molar-refractivity contribution >= 4 is 34.5 Å². The highest BCUT2D eigenvalue weighted by Gasteiger charge is 2.39. The Labute approximate surface area is 161 Å². The number of hydrogen-bond acceptors (Lipinski definition) is 5. The molecule has 0 N–H and O–H groups in total. The highest BCUT2D eigenvalue weighted by molar-refractivity contribution is 8.15. The van der Waals surface area contributed by atoms with E-state index in [1.54, 1.807) is 32.4 Å². The van der Waals surface area contributed by atoms with E-state index in [1.165, 1.54) is 4.90 Å². The lowest BCUT2D eigenvalue weighted by atomic mass is 10.1. The van der Waals surface area contributed by atoms with Crippen LogP contribution in [0.2, 0.25) is 5.02 Å². The molecule has 1 atom stereocenters. The van der Waals surface area contributed by atoms with Crippen LogP contribution >= 0.6 is 23.4 Å². The van der Waals surface area contributed by atoms with E-state index in [9.17, 15) is 9.59 Å². The Morgan fingerprint density at radius 1 is 1.00 bits per heavy atom. The first-order valence-corrected chi connectivity index (χ1v) is 9.25. The van der Waals surface area contributed by atoms with Crippen molar-refractivity contribution < 1.29 is 19.1 Å². The average molecular weight is 392 g/mol. The zero-order chi connectivity index (χ0) is 18.7. The number of ether oxygens (including phenoxy) is 2. The second-order valence-electron chi connectivity index (χ2n) is 5.82. The molecular weight excluding hydrogens is 374 g/mol. The molecule has 2 aromatic carbocycles. The number of halogens is 1. The average Bonchev–Trinajstić information content (AvgIpc) is 2.90. The minimum Gasteiger partial charge on any atom is -0.493 e. The fourth-order valence-electron chi connectivity index (χ4n) is 2.77. The van der Waals surface area contributed by atoms with Gasteiger partial charge in [-0.05, 0) is 41.8 Å².